The third-order valence-electron chi connectivity index (χ3n) is 4.10. The number of halogens is 1. The van der Waals surface area contributed by atoms with E-state index in [1.54, 1.807) is 8.61 Å². The summed E-state index contributed by atoms with van der Waals surface area (Å²) in [6.45, 7) is 5.98. The van der Waals surface area contributed by atoms with Gasteiger partial charge in [-0.3, -0.25) is 0 Å². The number of rotatable bonds is 5. The lowest BCUT2D eigenvalue weighted by Gasteiger charge is -2.38. The SMILES string of the molecule is CCCN(C1CCNCC1)S(=O)(=O)N1CCCCC1.Cl. The zero-order valence-electron chi connectivity index (χ0n) is 12.4. The second kappa shape index (κ2) is 8.54. The van der Waals surface area contributed by atoms with Gasteiger partial charge in [-0.1, -0.05) is 13.3 Å². The minimum atomic E-state index is -3.25. The number of nitrogens with one attached hydrogen (secondary N) is 1. The highest BCUT2D eigenvalue weighted by molar-refractivity contribution is 7.86. The van der Waals surface area contributed by atoms with E-state index in [2.05, 4.69) is 12.2 Å². The number of hydrogen-bond donors (Lipinski definition) is 1. The fourth-order valence-electron chi connectivity index (χ4n) is 3.05. The number of nitrogens with zero attached hydrogens (tertiary/aromatic N) is 2. The maximum Gasteiger partial charge on any atom is 0.282 e. The van der Waals surface area contributed by atoms with E-state index in [1.165, 1.54) is 0 Å². The summed E-state index contributed by atoms with van der Waals surface area (Å²) in [5.74, 6) is 0. The summed E-state index contributed by atoms with van der Waals surface area (Å²) in [7, 11) is -3.25. The maximum absolute atomic E-state index is 12.8. The molecule has 0 saturated carbocycles. The van der Waals surface area contributed by atoms with Crippen molar-refractivity contribution in [3.05, 3.63) is 0 Å². The molecule has 2 heterocycles. The molecule has 2 fully saturated rings. The van der Waals surface area contributed by atoms with Gasteiger partial charge in [0.1, 0.15) is 0 Å². The molecule has 0 aliphatic carbocycles. The van der Waals surface area contributed by atoms with Crippen molar-refractivity contribution in [2.75, 3.05) is 32.7 Å². The molecule has 20 heavy (non-hydrogen) atoms. The van der Waals surface area contributed by atoms with Crippen molar-refractivity contribution < 1.29 is 8.42 Å². The fraction of sp³-hybridized carbons (Fsp3) is 1.00. The summed E-state index contributed by atoms with van der Waals surface area (Å²) >= 11 is 0. The topological polar surface area (TPSA) is 52.7 Å². The van der Waals surface area contributed by atoms with Crippen LogP contribution in [0.3, 0.4) is 0 Å². The van der Waals surface area contributed by atoms with Gasteiger partial charge < -0.3 is 5.32 Å². The van der Waals surface area contributed by atoms with Crippen LogP contribution in [0, 0.1) is 0 Å². The molecule has 0 aromatic carbocycles. The normalized spacial score (nSPS) is 22.7. The van der Waals surface area contributed by atoms with Crippen molar-refractivity contribution >= 4 is 22.6 Å². The van der Waals surface area contributed by atoms with Gasteiger partial charge in [-0.25, -0.2) is 0 Å². The lowest BCUT2D eigenvalue weighted by atomic mass is 10.1. The Morgan fingerprint density at radius 1 is 1.15 bits per heavy atom. The van der Waals surface area contributed by atoms with E-state index >= 15 is 0 Å². The molecule has 0 unspecified atom stereocenters. The molecule has 2 aliphatic rings. The Morgan fingerprint density at radius 3 is 2.30 bits per heavy atom. The van der Waals surface area contributed by atoms with Crippen LogP contribution >= 0.6 is 12.4 Å². The van der Waals surface area contributed by atoms with Crippen LogP contribution in [0.2, 0.25) is 0 Å². The zero-order valence-corrected chi connectivity index (χ0v) is 14.0. The Hall–Kier alpha value is 0.120. The Balaban J connectivity index is 0.00000200. The van der Waals surface area contributed by atoms with Crippen LogP contribution in [-0.2, 0) is 10.2 Å². The van der Waals surface area contributed by atoms with E-state index in [0.717, 1.165) is 51.6 Å². The van der Waals surface area contributed by atoms with Crippen molar-refractivity contribution in [3.8, 4) is 0 Å². The molecule has 7 heteroatoms. The van der Waals surface area contributed by atoms with Gasteiger partial charge in [-0.05, 0) is 45.2 Å². The van der Waals surface area contributed by atoms with Gasteiger partial charge in [0, 0.05) is 25.7 Å². The number of hydrogen-bond acceptors (Lipinski definition) is 3. The molecule has 0 amide bonds. The molecule has 0 radical (unpaired) electrons. The zero-order chi connectivity index (χ0) is 13.7. The Bertz CT molecular complexity index is 366. The van der Waals surface area contributed by atoms with Gasteiger partial charge in [-0.2, -0.15) is 17.0 Å². The number of piperidine rings is 2. The summed E-state index contributed by atoms with van der Waals surface area (Å²) in [4.78, 5) is 0. The first-order valence-corrected chi connectivity index (χ1v) is 9.03. The maximum atomic E-state index is 12.8. The molecule has 120 valence electrons. The first-order chi connectivity index (χ1) is 9.16. The minimum Gasteiger partial charge on any atom is -0.317 e. The second-order valence-corrected chi connectivity index (χ2v) is 7.44. The summed E-state index contributed by atoms with van der Waals surface area (Å²) in [5.41, 5.74) is 0. The predicted octanol–water partition coefficient (Wildman–Crippen LogP) is 1.60. The van der Waals surface area contributed by atoms with Gasteiger partial charge in [0.15, 0.2) is 0 Å². The lowest BCUT2D eigenvalue weighted by molar-refractivity contribution is 0.232. The molecule has 0 aromatic rings. The van der Waals surface area contributed by atoms with Crippen molar-refractivity contribution in [2.24, 2.45) is 0 Å². The van der Waals surface area contributed by atoms with Crippen molar-refractivity contribution in [3.63, 3.8) is 0 Å². The Labute approximate surface area is 129 Å². The summed E-state index contributed by atoms with van der Waals surface area (Å²) in [6, 6.07) is 0.188. The van der Waals surface area contributed by atoms with Crippen LogP contribution in [0.4, 0.5) is 0 Å². The molecular formula is C13H28ClN3O2S. The van der Waals surface area contributed by atoms with Crippen LogP contribution in [0.25, 0.3) is 0 Å². The first kappa shape index (κ1) is 18.2. The average Bonchev–Trinajstić information content (AvgIpc) is 2.46. The third-order valence-corrected chi connectivity index (χ3v) is 6.19. The van der Waals surface area contributed by atoms with E-state index in [4.69, 9.17) is 0 Å². The van der Waals surface area contributed by atoms with E-state index in [9.17, 15) is 8.42 Å². The monoisotopic (exact) mass is 325 g/mol. The van der Waals surface area contributed by atoms with Crippen molar-refractivity contribution in [1.29, 1.82) is 0 Å². The van der Waals surface area contributed by atoms with Crippen LogP contribution in [0.5, 0.6) is 0 Å². The lowest BCUT2D eigenvalue weighted by Crippen LogP contribution is -2.52. The fourth-order valence-corrected chi connectivity index (χ4v) is 5.06. The molecule has 0 atom stereocenters. The molecular weight excluding hydrogens is 298 g/mol. The van der Waals surface area contributed by atoms with E-state index in [-0.39, 0.29) is 18.4 Å². The van der Waals surface area contributed by atoms with E-state index in [0.29, 0.717) is 19.6 Å². The highest BCUT2D eigenvalue weighted by atomic mass is 35.5. The van der Waals surface area contributed by atoms with Gasteiger partial charge >= 0.3 is 0 Å². The third kappa shape index (κ3) is 4.31. The van der Waals surface area contributed by atoms with Gasteiger partial charge in [0.05, 0.1) is 0 Å². The summed E-state index contributed by atoms with van der Waals surface area (Å²) < 4.78 is 29.1. The minimum absolute atomic E-state index is 0. The molecule has 0 bridgehead atoms. The predicted molar refractivity (Wildman–Crippen MR) is 84.5 cm³/mol. The smallest absolute Gasteiger partial charge is 0.282 e. The second-order valence-electron chi connectivity index (χ2n) is 5.56. The van der Waals surface area contributed by atoms with Crippen LogP contribution in [-0.4, -0.2) is 55.8 Å². The van der Waals surface area contributed by atoms with Crippen LogP contribution in [0.1, 0.15) is 45.4 Å². The highest BCUT2D eigenvalue weighted by Gasteiger charge is 2.35. The van der Waals surface area contributed by atoms with Gasteiger partial charge in [0.25, 0.3) is 10.2 Å². The summed E-state index contributed by atoms with van der Waals surface area (Å²) in [6.07, 6.45) is 5.93. The molecule has 2 aliphatic heterocycles. The van der Waals surface area contributed by atoms with Crippen molar-refractivity contribution in [2.45, 2.75) is 51.5 Å². The molecule has 0 spiro atoms. The van der Waals surface area contributed by atoms with E-state index < -0.39 is 10.2 Å². The van der Waals surface area contributed by atoms with Crippen LogP contribution in [0.15, 0.2) is 0 Å². The Morgan fingerprint density at radius 2 is 1.75 bits per heavy atom. The van der Waals surface area contributed by atoms with Gasteiger partial charge in [0.2, 0.25) is 0 Å². The summed E-state index contributed by atoms with van der Waals surface area (Å²) in [5, 5.41) is 3.31. The van der Waals surface area contributed by atoms with Gasteiger partial charge in [-0.15, -0.1) is 12.4 Å². The highest BCUT2D eigenvalue weighted by Crippen LogP contribution is 2.22. The average molecular weight is 326 g/mol. The van der Waals surface area contributed by atoms with Crippen LogP contribution < -0.4 is 5.32 Å². The largest absolute Gasteiger partial charge is 0.317 e. The molecule has 5 nitrogen and oxygen atoms in total. The molecule has 0 aromatic heterocycles. The van der Waals surface area contributed by atoms with Crippen molar-refractivity contribution in [1.82, 2.24) is 13.9 Å². The first-order valence-electron chi connectivity index (χ1n) is 7.64. The van der Waals surface area contributed by atoms with E-state index in [1.807, 2.05) is 0 Å². The Kier molecular flexibility index (Phi) is 7.75. The molecule has 1 N–H and O–H groups in total. The molecule has 2 saturated heterocycles. The standard InChI is InChI=1S/C13H27N3O2S.ClH/c1-2-10-16(13-6-8-14-9-7-13)19(17,18)15-11-4-3-5-12-15;/h13-14H,2-12H2,1H3;1H. The molecule has 2 rings (SSSR count). The quantitative estimate of drug-likeness (QED) is 0.835.